The lowest BCUT2D eigenvalue weighted by Crippen LogP contribution is -2.38. The Bertz CT molecular complexity index is 380. The van der Waals surface area contributed by atoms with Crippen molar-refractivity contribution in [3.05, 3.63) is 21.9 Å². The van der Waals surface area contributed by atoms with Crippen LogP contribution in [0.5, 0.6) is 0 Å². The van der Waals surface area contributed by atoms with Crippen LogP contribution in [0.15, 0.2) is 11.4 Å². The van der Waals surface area contributed by atoms with Crippen molar-refractivity contribution in [1.29, 1.82) is 0 Å². The highest BCUT2D eigenvalue weighted by Crippen LogP contribution is 2.39. The van der Waals surface area contributed by atoms with E-state index >= 15 is 0 Å². The number of hydrogen-bond acceptors (Lipinski definition) is 4. The number of rotatable bonds is 2. The molecule has 6 heteroatoms. The molecule has 1 aromatic heterocycles. The highest BCUT2D eigenvalue weighted by atomic mass is 32.1. The Balaban J connectivity index is 2.08. The molecular weight excluding hydrogens is 228 g/mol. The summed E-state index contributed by atoms with van der Waals surface area (Å²) in [5.41, 5.74) is 3.23. The van der Waals surface area contributed by atoms with Gasteiger partial charge in [-0.1, -0.05) is 0 Å². The van der Waals surface area contributed by atoms with Crippen LogP contribution < -0.4 is 10.8 Å². The van der Waals surface area contributed by atoms with E-state index in [2.05, 4.69) is 15.6 Å². The third-order valence-corrected chi connectivity index (χ3v) is 3.67. The van der Waals surface area contributed by atoms with E-state index < -0.39 is 6.10 Å². The fraction of sp³-hybridized carbons (Fsp3) is 0.500. The molecule has 1 aliphatic carbocycles. The number of nitrogens with one attached hydrogen (secondary N) is 2. The first-order valence-electron chi connectivity index (χ1n) is 5.07. The van der Waals surface area contributed by atoms with Gasteiger partial charge in [-0.05, 0) is 29.9 Å². The summed E-state index contributed by atoms with van der Waals surface area (Å²) in [7, 11) is 1.39. The van der Waals surface area contributed by atoms with Crippen LogP contribution in [0.4, 0.5) is 4.79 Å². The van der Waals surface area contributed by atoms with E-state index in [0.717, 1.165) is 16.9 Å². The molecule has 0 spiro atoms. The van der Waals surface area contributed by atoms with E-state index in [0.29, 0.717) is 6.42 Å². The maximum absolute atomic E-state index is 11.3. The fourth-order valence-electron chi connectivity index (χ4n) is 1.93. The average molecular weight is 242 g/mol. The summed E-state index contributed by atoms with van der Waals surface area (Å²) >= 11 is 1.52. The van der Waals surface area contributed by atoms with E-state index in [-0.39, 0.29) is 12.1 Å². The third-order valence-electron chi connectivity index (χ3n) is 2.63. The second kappa shape index (κ2) is 4.82. The summed E-state index contributed by atoms with van der Waals surface area (Å²) < 4.78 is 0. The minimum Gasteiger partial charge on any atom is -0.388 e. The number of urea groups is 1. The second-order valence-electron chi connectivity index (χ2n) is 3.67. The largest absolute Gasteiger partial charge is 0.388 e. The van der Waals surface area contributed by atoms with Crippen LogP contribution in [0.3, 0.4) is 0 Å². The van der Waals surface area contributed by atoms with Crippen LogP contribution >= 0.6 is 11.3 Å². The molecule has 1 heterocycles. The van der Waals surface area contributed by atoms with Gasteiger partial charge in [0.2, 0.25) is 0 Å². The topological polar surface area (TPSA) is 70.6 Å². The first-order chi connectivity index (χ1) is 7.72. The van der Waals surface area contributed by atoms with Crippen molar-refractivity contribution in [3.63, 3.8) is 0 Å². The minimum absolute atomic E-state index is 0.0419. The van der Waals surface area contributed by atoms with Crippen molar-refractivity contribution in [3.8, 4) is 0 Å². The Labute approximate surface area is 97.4 Å². The lowest BCUT2D eigenvalue weighted by Gasteiger charge is -2.26. The van der Waals surface area contributed by atoms with Crippen LogP contribution in [0.1, 0.15) is 35.4 Å². The summed E-state index contributed by atoms with van der Waals surface area (Å²) in [5.74, 6) is 0. The summed E-state index contributed by atoms with van der Waals surface area (Å²) in [4.78, 5) is 16.8. The monoisotopic (exact) mass is 242 g/mol. The van der Waals surface area contributed by atoms with Gasteiger partial charge in [-0.15, -0.1) is 11.3 Å². The van der Waals surface area contributed by atoms with Crippen LogP contribution in [0.2, 0.25) is 0 Å². The SMILES string of the molecule is CONC(=O)N[C@@H]1CC[C@H](O)c2sccc21. The molecule has 3 N–H and O–H groups in total. The van der Waals surface area contributed by atoms with Gasteiger partial charge in [0, 0.05) is 4.88 Å². The Hall–Kier alpha value is -1.11. The Morgan fingerprint density at radius 2 is 2.44 bits per heavy atom. The van der Waals surface area contributed by atoms with Gasteiger partial charge in [0.25, 0.3) is 0 Å². The number of hydroxylamine groups is 1. The number of carbonyl (C=O) groups is 1. The van der Waals surface area contributed by atoms with Crippen molar-refractivity contribution < 1.29 is 14.7 Å². The number of hydrogen-bond donors (Lipinski definition) is 3. The molecule has 0 aliphatic heterocycles. The normalized spacial score (nSPS) is 23.6. The minimum atomic E-state index is -0.390. The van der Waals surface area contributed by atoms with Crippen molar-refractivity contribution in [2.45, 2.75) is 25.0 Å². The Morgan fingerprint density at radius 3 is 3.19 bits per heavy atom. The molecule has 2 rings (SSSR count). The maximum atomic E-state index is 11.3. The lowest BCUT2D eigenvalue weighted by molar-refractivity contribution is 0.103. The molecule has 1 aliphatic rings. The number of aliphatic hydroxyl groups excluding tert-OH is 1. The van der Waals surface area contributed by atoms with Gasteiger partial charge in [0.05, 0.1) is 19.3 Å². The van der Waals surface area contributed by atoms with Crippen LogP contribution in [0.25, 0.3) is 0 Å². The van der Waals surface area contributed by atoms with Crippen LogP contribution in [-0.4, -0.2) is 18.2 Å². The van der Waals surface area contributed by atoms with Crippen molar-refractivity contribution in [1.82, 2.24) is 10.8 Å². The molecule has 0 radical (unpaired) electrons. The zero-order valence-corrected chi connectivity index (χ0v) is 9.71. The van der Waals surface area contributed by atoms with Gasteiger partial charge in [0.15, 0.2) is 0 Å². The molecule has 0 aromatic carbocycles. The van der Waals surface area contributed by atoms with Gasteiger partial charge in [-0.3, -0.25) is 4.84 Å². The predicted molar refractivity (Wildman–Crippen MR) is 59.9 cm³/mol. The van der Waals surface area contributed by atoms with Gasteiger partial charge in [0.1, 0.15) is 0 Å². The standard InChI is InChI=1S/C10H14N2O3S/c1-15-12-10(14)11-7-2-3-8(13)9-6(7)4-5-16-9/h4-5,7-8,13H,2-3H2,1H3,(H2,11,12,14)/t7-,8+/m1/s1. The number of carbonyl (C=O) groups excluding carboxylic acids is 1. The molecule has 88 valence electrons. The molecule has 16 heavy (non-hydrogen) atoms. The quantitative estimate of drug-likeness (QED) is 0.688. The first kappa shape index (κ1) is 11.4. The Kier molecular flexibility index (Phi) is 3.42. The molecule has 0 bridgehead atoms. The smallest absolute Gasteiger partial charge is 0.339 e. The third kappa shape index (κ3) is 2.18. The number of aliphatic hydroxyl groups is 1. The number of amides is 2. The van der Waals surface area contributed by atoms with Crippen molar-refractivity contribution in [2.75, 3.05) is 7.11 Å². The number of thiophene rings is 1. The number of fused-ring (bicyclic) bond motifs is 1. The highest BCUT2D eigenvalue weighted by molar-refractivity contribution is 7.10. The van der Waals surface area contributed by atoms with Crippen LogP contribution in [0, 0.1) is 0 Å². The molecular formula is C10H14N2O3S. The molecule has 2 atom stereocenters. The zero-order valence-electron chi connectivity index (χ0n) is 8.90. The van der Waals surface area contributed by atoms with E-state index in [1.807, 2.05) is 11.4 Å². The van der Waals surface area contributed by atoms with Gasteiger partial charge < -0.3 is 10.4 Å². The Morgan fingerprint density at radius 1 is 1.62 bits per heavy atom. The predicted octanol–water partition coefficient (Wildman–Crippen LogP) is 1.48. The summed E-state index contributed by atoms with van der Waals surface area (Å²) in [6.07, 6.45) is 1.02. The van der Waals surface area contributed by atoms with E-state index in [1.165, 1.54) is 18.4 Å². The zero-order chi connectivity index (χ0) is 11.5. The van der Waals surface area contributed by atoms with E-state index in [9.17, 15) is 9.90 Å². The first-order valence-corrected chi connectivity index (χ1v) is 5.95. The molecule has 0 unspecified atom stereocenters. The van der Waals surface area contributed by atoms with Crippen molar-refractivity contribution in [2.24, 2.45) is 0 Å². The highest BCUT2D eigenvalue weighted by Gasteiger charge is 2.27. The molecule has 1 aromatic rings. The van der Waals surface area contributed by atoms with Crippen molar-refractivity contribution >= 4 is 17.4 Å². The molecule has 0 saturated carbocycles. The van der Waals surface area contributed by atoms with Gasteiger partial charge >= 0.3 is 6.03 Å². The maximum Gasteiger partial charge on any atom is 0.339 e. The molecule has 5 nitrogen and oxygen atoms in total. The van der Waals surface area contributed by atoms with Crippen LogP contribution in [-0.2, 0) is 4.84 Å². The fourth-order valence-corrected chi connectivity index (χ4v) is 2.91. The molecule has 0 fully saturated rings. The summed E-state index contributed by atoms with van der Waals surface area (Å²) in [5, 5.41) is 14.5. The average Bonchev–Trinajstić information content (AvgIpc) is 2.72. The van der Waals surface area contributed by atoms with Gasteiger partial charge in [-0.2, -0.15) is 0 Å². The van der Waals surface area contributed by atoms with Gasteiger partial charge in [-0.25, -0.2) is 10.3 Å². The lowest BCUT2D eigenvalue weighted by atomic mass is 9.92. The summed E-state index contributed by atoms with van der Waals surface area (Å²) in [6.45, 7) is 0. The summed E-state index contributed by atoms with van der Waals surface area (Å²) in [6, 6.07) is 1.54. The molecule has 0 saturated heterocycles. The molecule has 2 amide bonds. The van der Waals surface area contributed by atoms with E-state index in [4.69, 9.17) is 0 Å². The van der Waals surface area contributed by atoms with E-state index in [1.54, 1.807) is 0 Å². The second-order valence-corrected chi connectivity index (χ2v) is 4.61.